The third-order valence-electron chi connectivity index (χ3n) is 4.82. The fourth-order valence-corrected chi connectivity index (χ4v) is 3.40. The van der Waals surface area contributed by atoms with E-state index >= 15 is 0 Å². The number of hydrogen-bond acceptors (Lipinski definition) is 4. The molecule has 0 spiro atoms. The van der Waals surface area contributed by atoms with E-state index in [1.54, 1.807) is 25.3 Å². The average molecular weight is 393 g/mol. The number of hydrogen-bond donors (Lipinski definition) is 2. The fourth-order valence-electron chi connectivity index (χ4n) is 3.40. The third-order valence-corrected chi connectivity index (χ3v) is 4.82. The second-order valence-electron chi connectivity index (χ2n) is 7.65. The Balaban J connectivity index is 1.82. The van der Waals surface area contributed by atoms with Crippen LogP contribution in [0, 0.1) is 5.92 Å². The molecule has 0 aliphatic heterocycles. The number of rotatable bonds is 8. The number of methoxy groups -OCH3 is 1. The number of ether oxygens (including phenoxy) is 1. The van der Waals surface area contributed by atoms with E-state index in [0.29, 0.717) is 22.8 Å². The van der Waals surface area contributed by atoms with Crippen LogP contribution < -0.4 is 10.1 Å². The lowest BCUT2D eigenvalue weighted by Gasteiger charge is -2.19. The van der Waals surface area contributed by atoms with E-state index in [2.05, 4.69) is 29.1 Å². The molecule has 1 aromatic heterocycles. The van der Waals surface area contributed by atoms with Crippen molar-refractivity contribution in [3.8, 4) is 5.75 Å². The number of nitrogens with one attached hydrogen (secondary N) is 2. The van der Waals surface area contributed by atoms with Crippen LogP contribution in [0.2, 0.25) is 0 Å². The molecule has 2 N–H and O–H groups in total. The summed E-state index contributed by atoms with van der Waals surface area (Å²) in [7, 11) is 1.56. The van der Waals surface area contributed by atoms with E-state index in [1.165, 1.54) is 6.92 Å². The summed E-state index contributed by atoms with van der Waals surface area (Å²) in [5, 5.41) is 3.10. The highest BCUT2D eigenvalue weighted by molar-refractivity contribution is 5.94. The normalized spacial score (nSPS) is 12.2. The second kappa shape index (κ2) is 8.90. The SMILES string of the molecule is COc1ccc(C(C)=O)cc1CC(=O)N[C@H](CC(C)C)c1nc2ccccc2[nH]1. The predicted octanol–water partition coefficient (Wildman–Crippen LogP) is 4.22. The number of benzene rings is 2. The number of fused-ring (bicyclic) bond motifs is 1. The van der Waals surface area contributed by atoms with Crippen molar-refractivity contribution in [2.75, 3.05) is 7.11 Å². The molecule has 29 heavy (non-hydrogen) atoms. The van der Waals surface area contributed by atoms with Gasteiger partial charge in [0.05, 0.1) is 30.6 Å². The van der Waals surface area contributed by atoms with E-state index < -0.39 is 0 Å². The first-order valence-corrected chi connectivity index (χ1v) is 9.79. The first-order chi connectivity index (χ1) is 13.9. The Morgan fingerprint density at radius 1 is 1.17 bits per heavy atom. The fraction of sp³-hybridized carbons (Fsp3) is 0.348. The maximum Gasteiger partial charge on any atom is 0.225 e. The minimum absolute atomic E-state index is 0.0470. The van der Waals surface area contributed by atoms with Crippen LogP contribution in [0.4, 0.5) is 0 Å². The molecule has 0 aliphatic rings. The van der Waals surface area contributed by atoms with Crippen molar-refractivity contribution in [1.29, 1.82) is 0 Å². The molecular weight excluding hydrogens is 366 g/mol. The van der Waals surface area contributed by atoms with Crippen LogP contribution in [0.25, 0.3) is 11.0 Å². The predicted molar refractivity (Wildman–Crippen MR) is 113 cm³/mol. The summed E-state index contributed by atoms with van der Waals surface area (Å²) in [5.41, 5.74) is 3.07. The number of imidazole rings is 1. The maximum absolute atomic E-state index is 12.8. The number of carbonyl (C=O) groups is 2. The molecule has 1 amide bonds. The summed E-state index contributed by atoms with van der Waals surface area (Å²) in [4.78, 5) is 32.5. The minimum Gasteiger partial charge on any atom is -0.496 e. The zero-order valence-electron chi connectivity index (χ0n) is 17.3. The van der Waals surface area contributed by atoms with Gasteiger partial charge in [-0.2, -0.15) is 0 Å². The Labute approximate surface area is 170 Å². The molecule has 3 rings (SSSR count). The van der Waals surface area contributed by atoms with Crippen LogP contribution in [-0.4, -0.2) is 28.8 Å². The number of aromatic nitrogens is 2. The Bertz CT molecular complexity index is 990. The molecule has 0 radical (unpaired) electrons. The van der Waals surface area contributed by atoms with Gasteiger partial charge in [0.2, 0.25) is 5.91 Å². The van der Waals surface area contributed by atoms with E-state index in [1.807, 2.05) is 24.3 Å². The Morgan fingerprint density at radius 2 is 1.93 bits per heavy atom. The maximum atomic E-state index is 12.8. The Kier molecular flexibility index (Phi) is 6.32. The van der Waals surface area contributed by atoms with Gasteiger partial charge >= 0.3 is 0 Å². The summed E-state index contributed by atoms with van der Waals surface area (Å²) in [6.07, 6.45) is 0.884. The Morgan fingerprint density at radius 3 is 2.59 bits per heavy atom. The molecule has 0 aliphatic carbocycles. The van der Waals surface area contributed by atoms with Gasteiger partial charge in [-0.3, -0.25) is 9.59 Å². The summed E-state index contributed by atoms with van der Waals surface area (Å²) < 4.78 is 5.37. The summed E-state index contributed by atoms with van der Waals surface area (Å²) >= 11 is 0. The summed E-state index contributed by atoms with van der Waals surface area (Å²) in [6.45, 7) is 5.73. The van der Waals surface area contributed by atoms with Crippen LogP contribution >= 0.6 is 0 Å². The van der Waals surface area contributed by atoms with Crippen LogP contribution in [0.1, 0.15) is 55.0 Å². The van der Waals surface area contributed by atoms with Crippen LogP contribution in [0.5, 0.6) is 5.75 Å². The van der Waals surface area contributed by atoms with Gasteiger partial charge in [-0.05, 0) is 49.6 Å². The molecule has 0 saturated carbocycles. The second-order valence-corrected chi connectivity index (χ2v) is 7.65. The van der Waals surface area contributed by atoms with Crippen molar-refractivity contribution in [3.05, 3.63) is 59.4 Å². The van der Waals surface area contributed by atoms with E-state index in [4.69, 9.17) is 4.74 Å². The van der Waals surface area contributed by atoms with E-state index in [-0.39, 0.29) is 24.2 Å². The lowest BCUT2D eigenvalue weighted by molar-refractivity contribution is -0.121. The number of carbonyl (C=O) groups excluding carboxylic acids is 2. The lowest BCUT2D eigenvalue weighted by Crippen LogP contribution is -2.31. The van der Waals surface area contributed by atoms with Crippen LogP contribution in [0.3, 0.4) is 0 Å². The number of ketones is 1. The van der Waals surface area contributed by atoms with Gasteiger partial charge < -0.3 is 15.0 Å². The number of amides is 1. The average Bonchev–Trinajstić information content (AvgIpc) is 3.11. The number of aromatic amines is 1. The Hall–Kier alpha value is -3.15. The molecule has 0 saturated heterocycles. The smallest absolute Gasteiger partial charge is 0.225 e. The van der Waals surface area contributed by atoms with Gasteiger partial charge in [-0.15, -0.1) is 0 Å². The first kappa shape index (κ1) is 20.6. The molecule has 0 unspecified atom stereocenters. The monoisotopic (exact) mass is 393 g/mol. The van der Waals surface area contributed by atoms with Gasteiger partial charge in [-0.25, -0.2) is 4.98 Å². The van der Waals surface area contributed by atoms with Gasteiger partial charge in [0.25, 0.3) is 0 Å². The van der Waals surface area contributed by atoms with Crippen molar-refractivity contribution in [1.82, 2.24) is 15.3 Å². The summed E-state index contributed by atoms with van der Waals surface area (Å²) in [5.74, 6) is 1.53. The molecule has 0 bridgehead atoms. The zero-order chi connectivity index (χ0) is 21.0. The first-order valence-electron chi connectivity index (χ1n) is 9.79. The molecular formula is C23H27N3O3. The molecule has 6 nitrogen and oxygen atoms in total. The zero-order valence-corrected chi connectivity index (χ0v) is 17.3. The minimum atomic E-state index is -0.225. The highest BCUT2D eigenvalue weighted by Crippen LogP contribution is 2.24. The summed E-state index contributed by atoms with van der Waals surface area (Å²) in [6, 6.07) is 12.7. The molecule has 152 valence electrons. The number of Topliss-reactive ketones (excluding diaryl/α,β-unsaturated/α-hetero) is 1. The molecule has 6 heteroatoms. The number of H-pyrrole nitrogens is 1. The molecule has 1 atom stereocenters. The van der Waals surface area contributed by atoms with E-state index in [0.717, 1.165) is 23.3 Å². The third kappa shape index (κ3) is 5.02. The quantitative estimate of drug-likeness (QED) is 0.561. The van der Waals surface area contributed by atoms with Crippen molar-refractivity contribution in [2.45, 2.75) is 39.7 Å². The largest absolute Gasteiger partial charge is 0.496 e. The number of para-hydroxylation sites is 2. The lowest BCUT2D eigenvalue weighted by atomic mass is 10.0. The molecule has 2 aromatic carbocycles. The highest BCUT2D eigenvalue weighted by atomic mass is 16.5. The molecule has 1 heterocycles. The molecule has 0 fully saturated rings. The van der Waals surface area contributed by atoms with Crippen molar-refractivity contribution < 1.29 is 14.3 Å². The van der Waals surface area contributed by atoms with Crippen molar-refractivity contribution in [2.24, 2.45) is 5.92 Å². The van der Waals surface area contributed by atoms with Crippen molar-refractivity contribution >= 4 is 22.7 Å². The van der Waals surface area contributed by atoms with Crippen LogP contribution in [0.15, 0.2) is 42.5 Å². The van der Waals surface area contributed by atoms with Gasteiger partial charge in [0.15, 0.2) is 5.78 Å². The van der Waals surface area contributed by atoms with Gasteiger partial charge in [0, 0.05) is 11.1 Å². The van der Waals surface area contributed by atoms with Gasteiger partial charge in [-0.1, -0.05) is 26.0 Å². The highest BCUT2D eigenvalue weighted by Gasteiger charge is 2.21. The number of nitrogens with zero attached hydrogens (tertiary/aromatic N) is 1. The molecule has 3 aromatic rings. The van der Waals surface area contributed by atoms with E-state index in [9.17, 15) is 9.59 Å². The van der Waals surface area contributed by atoms with Crippen LogP contribution in [-0.2, 0) is 11.2 Å². The topological polar surface area (TPSA) is 84.1 Å². The van der Waals surface area contributed by atoms with Gasteiger partial charge in [0.1, 0.15) is 11.6 Å². The van der Waals surface area contributed by atoms with Crippen molar-refractivity contribution in [3.63, 3.8) is 0 Å². The standard InChI is InChI=1S/C23H27N3O3/c1-14(2)11-20(23-25-18-7-5-6-8-19(18)26-23)24-22(28)13-17-12-16(15(3)27)9-10-21(17)29-4/h5-10,12,14,20H,11,13H2,1-4H3,(H,24,28)(H,25,26)/t20-/m1/s1.